The van der Waals surface area contributed by atoms with Gasteiger partial charge in [-0.1, -0.05) is 30.7 Å². The molecule has 1 aromatic rings. The number of carbonyl (C=O) groups excluding carboxylic acids is 1. The van der Waals surface area contributed by atoms with Gasteiger partial charge in [0.15, 0.2) is 0 Å². The maximum atomic E-state index is 12.5. The molecule has 1 aliphatic rings. The molecule has 5 heteroatoms. The molecule has 1 heterocycles. The number of nitrogens with zero attached hydrogens (tertiary/aromatic N) is 1. The lowest BCUT2D eigenvalue weighted by Crippen LogP contribution is -2.49. The number of carboxylic acid groups (broad SMARTS) is 1. The van der Waals surface area contributed by atoms with Crippen molar-refractivity contribution in [1.29, 1.82) is 0 Å². The van der Waals surface area contributed by atoms with E-state index in [9.17, 15) is 14.7 Å². The van der Waals surface area contributed by atoms with Crippen LogP contribution in [0.3, 0.4) is 0 Å². The number of hydrogen-bond acceptors (Lipinski definition) is 2. The lowest BCUT2D eigenvalue weighted by atomic mass is 9.89. The first kappa shape index (κ1) is 17.8. The van der Waals surface area contributed by atoms with Crippen molar-refractivity contribution in [1.82, 2.24) is 4.90 Å². The maximum Gasteiger partial charge on any atom is 0.308 e. The van der Waals surface area contributed by atoms with Gasteiger partial charge in [0, 0.05) is 24.0 Å². The summed E-state index contributed by atoms with van der Waals surface area (Å²) in [6.07, 6.45) is 2.67. The zero-order valence-electron chi connectivity index (χ0n) is 13.7. The Morgan fingerprint density at radius 1 is 1.35 bits per heavy atom. The number of piperidine rings is 1. The SMILES string of the molecule is CC(CC(=O)N1CCC[C@H](C(=O)O)[C@@H]1C)Cc1ccc(Cl)cc1. The minimum atomic E-state index is -0.802. The average molecular weight is 338 g/mol. The quantitative estimate of drug-likeness (QED) is 0.892. The standard InChI is InChI=1S/C18H24ClNO3/c1-12(10-14-5-7-15(19)8-6-14)11-17(21)20-9-3-4-16(13(20)2)18(22)23/h5-8,12-13,16H,3-4,9-11H2,1-2H3,(H,22,23)/t12?,13-,16-/m0/s1. The number of amides is 1. The molecule has 126 valence electrons. The van der Waals surface area contributed by atoms with Crippen molar-refractivity contribution < 1.29 is 14.7 Å². The summed E-state index contributed by atoms with van der Waals surface area (Å²) in [4.78, 5) is 25.6. The third-order valence-corrected chi connectivity index (χ3v) is 4.90. The summed E-state index contributed by atoms with van der Waals surface area (Å²) in [5.41, 5.74) is 1.16. The summed E-state index contributed by atoms with van der Waals surface area (Å²) in [7, 11) is 0. The van der Waals surface area contributed by atoms with E-state index in [1.165, 1.54) is 0 Å². The summed E-state index contributed by atoms with van der Waals surface area (Å²) in [5.74, 6) is -0.977. The van der Waals surface area contributed by atoms with Gasteiger partial charge in [-0.05, 0) is 49.8 Å². The lowest BCUT2D eigenvalue weighted by Gasteiger charge is -2.38. The fourth-order valence-corrected chi connectivity index (χ4v) is 3.46. The highest BCUT2D eigenvalue weighted by molar-refractivity contribution is 6.30. The van der Waals surface area contributed by atoms with Gasteiger partial charge < -0.3 is 10.0 Å². The molecule has 0 aliphatic carbocycles. The van der Waals surface area contributed by atoms with Crippen molar-refractivity contribution in [2.24, 2.45) is 11.8 Å². The number of carboxylic acids is 1. The Balaban J connectivity index is 1.92. The molecule has 0 radical (unpaired) electrons. The van der Waals surface area contributed by atoms with Crippen molar-refractivity contribution in [3.05, 3.63) is 34.9 Å². The van der Waals surface area contributed by atoms with Crippen LogP contribution in [0.15, 0.2) is 24.3 Å². The van der Waals surface area contributed by atoms with Crippen molar-refractivity contribution in [2.75, 3.05) is 6.54 Å². The third kappa shape index (κ3) is 4.71. The van der Waals surface area contributed by atoms with Crippen molar-refractivity contribution in [2.45, 2.75) is 45.6 Å². The fraction of sp³-hybridized carbons (Fsp3) is 0.556. The fourth-order valence-electron chi connectivity index (χ4n) is 3.34. The highest BCUT2D eigenvalue weighted by Crippen LogP contribution is 2.25. The highest BCUT2D eigenvalue weighted by Gasteiger charge is 2.35. The van der Waals surface area contributed by atoms with Crippen LogP contribution in [-0.2, 0) is 16.0 Å². The van der Waals surface area contributed by atoms with Crippen LogP contribution in [0.4, 0.5) is 0 Å². The number of halogens is 1. The third-order valence-electron chi connectivity index (χ3n) is 4.65. The van der Waals surface area contributed by atoms with Crippen molar-refractivity contribution >= 4 is 23.5 Å². The lowest BCUT2D eigenvalue weighted by molar-refractivity contribution is -0.149. The number of benzene rings is 1. The first-order chi connectivity index (χ1) is 10.9. The molecule has 1 amide bonds. The van der Waals surface area contributed by atoms with E-state index in [1.807, 2.05) is 31.2 Å². The Labute approximate surface area is 142 Å². The number of aliphatic carboxylic acids is 1. The van der Waals surface area contributed by atoms with Crippen molar-refractivity contribution in [3.8, 4) is 0 Å². The Bertz CT molecular complexity index is 558. The molecule has 0 bridgehead atoms. The molecule has 1 aliphatic heterocycles. The van der Waals surface area contributed by atoms with Gasteiger partial charge in [-0.3, -0.25) is 9.59 Å². The summed E-state index contributed by atoms with van der Waals surface area (Å²) in [6.45, 7) is 4.56. The zero-order chi connectivity index (χ0) is 17.0. The number of hydrogen-bond donors (Lipinski definition) is 1. The van der Waals surface area contributed by atoms with E-state index in [0.717, 1.165) is 18.4 Å². The first-order valence-electron chi connectivity index (χ1n) is 8.15. The highest BCUT2D eigenvalue weighted by atomic mass is 35.5. The molecule has 3 atom stereocenters. The zero-order valence-corrected chi connectivity index (χ0v) is 14.4. The molecule has 0 spiro atoms. The average Bonchev–Trinajstić information content (AvgIpc) is 2.49. The number of carbonyl (C=O) groups is 2. The predicted octanol–water partition coefficient (Wildman–Crippen LogP) is 3.62. The molecule has 23 heavy (non-hydrogen) atoms. The van der Waals surface area contributed by atoms with Crippen LogP contribution in [0.25, 0.3) is 0 Å². The summed E-state index contributed by atoms with van der Waals surface area (Å²) >= 11 is 5.88. The Morgan fingerprint density at radius 2 is 2.00 bits per heavy atom. The minimum absolute atomic E-state index is 0.0601. The second-order valence-corrected chi connectivity index (χ2v) is 6.99. The summed E-state index contributed by atoms with van der Waals surface area (Å²) in [6, 6.07) is 7.45. The van der Waals surface area contributed by atoms with Crippen LogP contribution in [0.1, 0.15) is 38.7 Å². The van der Waals surface area contributed by atoms with Gasteiger partial charge in [0.25, 0.3) is 0 Å². The smallest absolute Gasteiger partial charge is 0.308 e. The molecule has 0 aromatic heterocycles. The topological polar surface area (TPSA) is 57.6 Å². The van der Waals surface area contributed by atoms with Crippen LogP contribution in [0.5, 0.6) is 0 Å². The van der Waals surface area contributed by atoms with Gasteiger partial charge in [-0.15, -0.1) is 0 Å². The Kier molecular flexibility index (Phi) is 6.05. The van der Waals surface area contributed by atoms with Crippen LogP contribution in [-0.4, -0.2) is 34.5 Å². The van der Waals surface area contributed by atoms with E-state index in [0.29, 0.717) is 24.4 Å². The first-order valence-corrected chi connectivity index (χ1v) is 8.53. The van der Waals surface area contributed by atoms with E-state index < -0.39 is 11.9 Å². The van der Waals surface area contributed by atoms with Gasteiger partial charge in [-0.2, -0.15) is 0 Å². The monoisotopic (exact) mass is 337 g/mol. The van der Waals surface area contributed by atoms with E-state index in [-0.39, 0.29) is 17.9 Å². The van der Waals surface area contributed by atoms with Gasteiger partial charge in [0.1, 0.15) is 0 Å². The summed E-state index contributed by atoms with van der Waals surface area (Å²) in [5, 5.41) is 9.97. The van der Waals surface area contributed by atoms with Crippen molar-refractivity contribution in [3.63, 3.8) is 0 Å². The molecule has 2 rings (SSSR count). The summed E-state index contributed by atoms with van der Waals surface area (Å²) < 4.78 is 0. The second-order valence-electron chi connectivity index (χ2n) is 6.55. The van der Waals surface area contributed by atoms with E-state index in [2.05, 4.69) is 6.92 Å². The Hall–Kier alpha value is -1.55. The van der Waals surface area contributed by atoms with Gasteiger partial charge >= 0.3 is 5.97 Å². The van der Waals surface area contributed by atoms with Gasteiger partial charge in [0.05, 0.1) is 5.92 Å². The van der Waals surface area contributed by atoms with E-state index >= 15 is 0 Å². The second kappa shape index (κ2) is 7.82. The van der Waals surface area contributed by atoms with Crippen LogP contribution < -0.4 is 0 Å². The largest absolute Gasteiger partial charge is 0.481 e. The predicted molar refractivity (Wildman–Crippen MR) is 90.5 cm³/mol. The van der Waals surface area contributed by atoms with Gasteiger partial charge in [0.2, 0.25) is 5.91 Å². The normalized spacial score (nSPS) is 22.7. The molecule has 1 unspecified atom stereocenters. The van der Waals surface area contributed by atoms with Crippen LogP contribution in [0, 0.1) is 11.8 Å². The van der Waals surface area contributed by atoms with Gasteiger partial charge in [-0.25, -0.2) is 0 Å². The molecule has 4 nitrogen and oxygen atoms in total. The van der Waals surface area contributed by atoms with Crippen LogP contribution in [0.2, 0.25) is 5.02 Å². The maximum absolute atomic E-state index is 12.5. The number of likely N-dealkylation sites (tertiary alicyclic amines) is 1. The Morgan fingerprint density at radius 3 is 2.61 bits per heavy atom. The minimum Gasteiger partial charge on any atom is -0.481 e. The number of rotatable bonds is 5. The molecular formula is C18H24ClNO3. The molecule has 1 N–H and O–H groups in total. The molecule has 1 fully saturated rings. The molecule has 0 saturated carbocycles. The van der Waals surface area contributed by atoms with E-state index in [1.54, 1.807) is 4.90 Å². The molecular weight excluding hydrogens is 314 g/mol. The molecule has 1 aromatic carbocycles. The van der Waals surface area contributed by atoms with Crippen LogP contribution >= 0.6 is 11.6 Å². The van der Waals surface area contributed by atoms with E-state index in [4.69, 9.17) is 11.6 Å². The molecule has 1 saturated heterocycles.